The van der Waals surface area contributed by atoms with Gasteiger partial charge in [-0.25, -0.2) is 0 Å². The average molecular weight is 343 g/mol. The van der Waals surface area contributed by atoms with E-state index in [-0.39, 0.29) is 12.4 Å². The minimum Gasteiger partial charge on any atom is -0.497 e. The van der Waals surface area contributed by atoms with E-state index in [9.17, 15) is 8.42 Å². The lowest BCUT2D eigenvalue weighted by Crippen LogP contribution is -2.36. The molecule has 0 saturated heterocycles. The standard InChI is InChI=1S/C15H25N3O4S/c16-15-14-12(17-23(20,21)18-15)8-7-9-13(14)22-11-6-4-2-1-3-5-10-19/h8,17,19H,1-7,9-11H2,(H2,16,18). The first-order valence-electron chi connectivity index (χ1n) is 8.09. The molecule has 0 bridgehead atoms. The summed E-state index contributed by atoms with van der Waals surface area (Å²) in [5.41, 5.74) is 6.84. The Morgan fingerprint density at radius 3 is 2.65 bits per heavy atom. The van der Waals surface area contributed by atoms with Crippen molar-refractivity contribution in [3.05, 3.63) is 23.1 Å². The van der Waals surface area contributed by atoms with Gasteiger partial charge in [-0.15, -0.1) is 4.40 Å². The molecule has 2 rings (SSSR count). The summed E-state index contributed by atoms with van der Waals surface area (Å²) in [5, 5.41) is 8.71. The fourth-order valence-electron chi connectivity index (χ4n) is 2.70. The van der Waals surface area contributed by atoms with Gasteiger partial charge in [0.05, 0.1) is 17.9 Å². The molecule has 23 heavy (non-hydrogen) atoms. The van der Waals surface area contributed by atoms with E-state index in [1.165, 1.54) is 0 Å². The first-order chi connectivity index (χ1) is 11.0. The van der Waals surface area contributed by atoms with Crippen LogP contribution < -0.4 is 10.5 Å². The summed E-state index contributed by atoms with van der Waals surface area (Å²) in [7, 11) is -3.73. The van der Waals surface area contributed by atoms with Gasteiger partial charge in [0.2, 0.25) is 0 Å². The highest BCUT2D eigenvalue weighted by molar-refractivity contribution is 7.88. The summed E-state index contributed by atoms with van der Waals surface area (Å²) in [6.07, 6.45) is 9.43. The lowest BCUT2D eigenvalue weighted by atomic mass is 10.0. The second-order valence-corrected chi connectivity index (χ2v) is 7.04. The molecule has 1 aliphatic carbocycles. The van der Waals surface area contributed by atoms with Gasteiger partial charge in [-0.1, -0.05) is 31.8 Å². The van der Waals surface area contributed by atoms with Gasteiger partial charge in [0.1, 0.15) is 5.76 Å². The summed E-state index contributed by atoms with van der Waals surface area (Å²) in [6, 6.07) is 0. The van der Waals surface area contributed by atoms with Crippen molar-refractivity contribution >= 4 is 16.0 Å². The normalized spacial score (nSPS) is 19.5. The van der Waals surface area contributed by atoms with E-state index in [1.807, 2.05) is 6.08 Å². The van der Waals surface area contributed by atoms with Crippen LogP contribution in [-0.4, -0.2) is 32.6 Å². The number of hydrogen-bond acceptors (Lipinski definition) is 5. The van der Waals surface area contributed by atoms with Crippen molar-refractivity contribution in [3.63, 3.8) is 0 Å². The minimum atomic E-state index is -3.73. The van der Waals surface area contributed by atoms with E-state index in [2.05, 4.69) is 9.12 Å². The number of unbranched alkanes of at least 4 members (excludes halogenated alkanes) is 5. The fourth-order valence-corrected chi connectivity index (χ4v) is 3.56. The molecule has 2 aliphatic rings. The summed E-state index contributed by atoms with van der Waals surface area (Å²) in [4.78, 5) is 0. The highest BCUT2D eigenvalue weighted by Gasteiger charge is 2.29. The zero-order valence-electron chi connectivity index (χ0n) is 13.3. The number of fused-ring (bicyclic) bond motifs is 1. The van der Waals surface area contributed by atoms with Gasteiger partial charge < -0.3 is 15.6 Å². The van der Waals surface area contributed by atoms with Crippen molar-refractivity contribution in [1.29, 1.82) is 0 Å². The zero-order valence-corrected chi connectivity index (χ0v) is 14.1. The van der Waals surface area contributed by atoms with Crippen molar-refractivity contribution in [1.82, 2.24) is 4.72 Å². The molecule has 0 aromatic carbocycles. The molecule has 130 valence electrons. The van der Waals surface area contributed by atoms with E-state index in [0.717, 1.165) is 38.5 Å². The Kier molecular flexibility index (Phi) is 6.47. The molecule has 0 saturated carbocycles. The minimum absolute atomic E-state index is 0.00583. The molecular formula is C15H25N3O4S. The second-order valence-electron chi connectivity index (χ2n) is 5.70. The van der Waals surface area contributed by atoms with E-state index in [4.69, 9.17) is 15.6 Å². The zero-order chi connectivity index (χ0) is 16.7. The quantitative estimate of drug-likeness (QED) is 0.549. The first-order valence-corrected chi connectivity index (χ1v) is 9.53. The molecule has 0 aromatic rings. The molecule has 0 aromatic heterocycles. The van der Waals surface area contributed by atoms with Crippen LogP contribution in [0, 0.1) is 0 Å². The van der Waals surface area contributed by atoms with Crippen LogP contribution >= 0.6 is 0 Å². The van der Waals surface area contributed by atoms with Crippen LogP contribution in [0.25, 0.3) is 0 Å². The third-order valence-electron chi connectivity index (χ3n) is 3.81. The largest absolute Gasteiger partial charge is 0.497 e. The number of nitrogens with one attached hydrogen (secondary N) is 1. The molecule has 1 heterocycles. The first kappa shape index (κ1) is 17.8. The SMILES string of the molecule is NC1=NS(=O)(=O)NC2=CCCC(OCCCCCCCCO)=C21. The Labute approximate surface area is 137 Å². The third-order valence-corrected chi connectivity index (χ3v) is 4.73. The summed E-state index contributed by atoms with van der Waals surface area (Å²) < 4.78 is 34.8. The molecule has 8 heteroatoms. The topological polar surface area (TPSA) is 114 Å². The van der Waals surface area contributed by atoms with E-state index >= 15 is 0 Å². The summed E-state index contributed by atoms with van der Waals surface area (Å²) in [6.45, 7) is 0.856. The highest BCUT2D eigenvalue weighted by atomic mass is 32.2. The maximum atomic E-state index is 11.5. The van der Waals surface area contributed by atoms with Crippen molar-refractivity contribution in [2.75, 3.05) is 13.2 Å². The molecule has 0 atom stereocenters. The summed E-state index contributed by atoms with van der Waals surface area (Å²) >= 11 is 0. The van der Waals surface area contributed by atoms with Crippen molar-refractivity contribution < 1.29 is 18.3 Å². The summed E-state index contributed by atoms with van der Waals surface area (Å²) in [5.74, 6) is 0.708. The van der Waals surface area contributed by atoms with E-state index in [1.54, 1.807) is 0 Å². The number of rotatable bonds is 9. The number of hydrogen-bond donors (Lipinski definition) is 3. The molecule has 0 unspecified atom stereocenters. The Morgan fingerprint density at radius 2 is 1.91 bits per heavy atom. The molecular weight excluding hydrogens is 318 g/mol. The average Bonchev–Trinajstić information content (AvgIpc) is 2.48. The second kappa shape index (κ2) is 8.35. The lowest BCUT2D eigenvalue weighted by molar-refractivity contribution is 0.193. The Hall–Kier alpha value is -1.54. The fraction of sp³-hybridized carbons (Fsp3) is 0.667. The van der Waals surface area contributed by atoms with Gasteiger partial charge in [-0.3, -0.25) is 4.72 Å². The smallest absolute Gasteiger partial charge is 0.344 e. The number of ether oxygens (including phenoxy) is 1. The number of allylic oxidation sites excluding steroid dienone is 2. The van der Waals surface area contributed by atoms with Crippen LogP contribution in [0.4, 0.5) is 0 Å². The molecule has 0 spiro atoms. The molecule has 7 nitrogen and oxygen atoms in total. The molecule has 4 N–H and O–H groups in total. The van der Waals surface area contributed by atoms with Crippen LogP contribution in [0.1, 0.15) is 51.4 Å². The van der Waals surface area contributed by atoms with Crippen LogP contribution in [0.5, 0.6) is 0 Å². The van der Waals surface area contributed by atoms with Gasteiger partial charge in [0, 0.05) is 13.0 Å². The number of nitrogens with zero attached hydrogens (tertiary/aromatic N) is 1. The Morgan fingerprint density at radius 1 is 1.22 bits per heavy atom. The third kappa shape index (κ3) is 5.24. The number of aliphatic hydroxyl groups is 1. The van der Waals surface area contributed by atoms with E-state index in [0.29, 0.717) is 36.5 Å². The predicted molar refractivity (Wildman–Crippen MR) is 88.8 cm³/mol. The number of amidine groups is 1. The van der Waals surface area contributed by atoms with E-state index < -0.39 is 10.2 Å². The van der Waals surface area contributed by atoms with Gasteiger partial charge in [0.25, 0.3) is 0 Å². The monoisotopic (exact) mass is 343 g/mol. The van der Waals surface area contributed by atoms with Gasteiger partial charge >= 0.3 is 10.2 Å². The van der Waals surface area contributed by atoms with Crippen LogP contribution in [0.2, 0.25) is 0 Å². The molecule has 1 aliphatic heterocycles. The van der Waals surface area contributed by atoms with Crippen LogP contribution in [0.15, 0.2) is 27.5 Å². The van der Waals surface area contributed by atoms with Crippen molar-refractivity contribution in [2.45, 2.75) is 51.4 Å². The Balaban J connectivity index is 1.84. The van der Waals surface area contributed by atoms with Crippen LogP contribution in [0.3, 0.4) is 0 Å². The number of nitrogens with two attached hydrogens (primary N) is 1. The highest BCUT2D eigenvalue weighted by Crippen LogP contribution is 2.28. The predicted octanol–water partition coefficient (Wildman–Crippen LogP) is 1.47. The number of aliphatic hydroxyl groups excluding tert-OH is 1. The van der Waals surface area contributed by atoms with Gasteiger partial charge in [-0.05, 0) is 19.3 Å². The maximum absolute atomic E-state index is 11.5. The van der Waals surface area contributed by atoms with Crippen molar-refractivity contribution in [2.24, 2.45) is 10.1 Å². The Bertz CT molecular complexity index is 608. The van der Waals surface area contributed by atoms with Gasteiger partial charge in [0.15, 0.2) is 5.84 Å². The molecule has 0 radical (unpaired) electrons. The lowest BCUT2D eigenvalue weighted by Gasteiger charge is -2.25. The molecule has 0 amide bonds. The molecule has 0 fully saturated rings. The van der Waals surface area contributed by atoms with Crippen molar-refractivity contribution in [3.8, 4) is 0 Å². The maximum Gasteiger partial charge on any atom is 0.344 e. The van der Waals surface area contributed by atoms with Crippen LogP contribution in [-0.2, 0) is 14.9 Å². The van der Waals surface area contributed by atoms with Gasteiger partial charge in [-0.2, -0.15) is 8.42 Å².